The van der Waals surface area contributed by atoms with E-state index in [2.05, 4.69) is 142 Å². The molecule has 7 aromatic carbocycles. The van der Waals surface area contributed by atoms with Crippen molar-refractivity contribution in [2.24, 2.45) is 0 Å². The second-order valence-corrected chi connectivity index (χ2v) is 12.5. The molecule has 1 aromatic heterocycles. The van der Waals surface area contributed by atoms with E-state index in [-0.39, 0.29) is 5.41 Å². The molecule has 1 nitrogen and oxygen atoms in total. The molecule has 204 valence electrons. The van der Waals surface area contributed by atoms with Crippen molar-refractivity contribution in [2.45, 2.75) is 26.2 Å². The van der Waals surface area contributed by atoms with Gasteiger partial charge in [0.2, 0.25) is 0 Å². The zero-order valence-electron chi connectivity index (χ0n) is 24.5. The molecule has 8 aromatic rings. The van der Waals surface area contributed by atoms with Crippen LogP contribution in [0.4, 0.5) is 0 Å². The number of benzene rings is 7. The molecule has 9 rings (SSSR count). The summed E-state index contributed by atoms with van der Waals surface area (Å²) in [5, 5.41) is 7.42. The van der Waals surface area contributed by atoms with Gasteiger partial charge in [-0.05, 0) is 103 Å². The standard InChI is InChI=1S/C42H30O/c1-25-22-39-35(29-13-9-11-19-38(29)43-39)24-34(25)41-32-16-6-4-14-30(32)40(31-15-5-7-17-33(31)41)26-20-21-28-27-12-8-10-18-36(27)42(2,3)37(28)23-26/h4-24H,1-3H3. The Bertz CT molecular complexity index is 2380. The Balaban J connectivity index is 1.36. The SMILES string of the molecule is Cc1cc2oc3ccccc3c2cc1-c1c2ccccc2c(-c2ccc3c(c2)C(C)(C)c2ccccc2-3)c2ccccc12. The molecule has 0 radical (unpaired) electrons. The lowest BCUT2D eigenvalue weighted by atomic mass is 9.80. The highest BCUT2D eigenvalue weighted by Gasteiger charge is 2.35. The van der Waals surface area contributed by atoms with E-state index in [1.807, 2.05) is 6.07 Å². The quantitative estimate of drug-likeness (QED) is 0.195. The highest BCUT2D eigenvalue weighted by Crippen LogP contribution is 2.51. The molecule has 0 spiro atoms. The Hall–Kier alpha value is -5.14. The molecule has 1 aliphatic carbocycles. The third-order valence-corrected chi connectivity index (χ3v) is 9.80. The van der Waals surface area contributed by atoms with Gasteiger partial charge in [0, 0.05) is 16.2 Å². The minimum atomic E-state index is -0.0482. The summed E-state index contributed by atoms with van der Waals surface area (Å²) in [5.41, 5.74) is 13.7. The second-order valence-electron chi connectivity index (χ2n) is 12.5. The number of hydrogen-bond acceptors (Lipinski definition) is 1. The molecule has 1 heteroatoms. The van der Waals surface area contributed by atoms with Crippen LogP contribution in [0.15, 0.2) is 132 Å². The molecule has 0 amide bonds. The zero-order chi connectivity index (χ0) is 28.9. The van der Waals surface area contributed by atoms with Crippen LogP contribution in [0.1, 0.15) is 30.5 Å². The number of fused-ring (bicyclic) bond motifs is 8. The molecule has 0 bridgehead atoms. The van der Waals surface area contributed by atoms with Crippen LogP contribution in [0.5, 0.6) is 0 Å². The van der Waals surface area contributed by atoms with Crippen LogP contribution < -0.4 is 0 Å². The monoisotopic (exact) mass is 550 g/mol. The molecule has 0 saturated heterocycles. The summed E-state index contributed by atoms with van der Waals surface area (Å²) in [4.78, 5) is 0. The first-order valence-corrected chi connectivity index (χ1v) is 15.1. The smallest absolute Gasteiger partial charge is 0.135 e. The van der Waals surface area contributed by atoms with Crippen molar-refractivity contribution >= 4 is 43.5 Å². The number of furan rings is 1. The molecule has 1 heterocycles. The van der Waals surface area contributed by atoms with Crippen molar-refractivity contribution in [2.75, 3.05) is 0 Å². The van der Waals surface area contributed by atoms with Crippen LogP contribution in [-0.4, -0.2) is 0 Å². The summed E-state index contributed by atoms with van der Waals surface area (Å²) < 4.78 is 6.25. The molecular formula is C42H30O. The lowest BCUT2D eigenvalue weighted by Gasteiger charge is -2.23. The van der Waals surface area contributed by atoms with Gasteiger partial charge in [-0.25, -0.2) is 0 Å². The van der Waals surface area contributed by atoms with E-state index >= 15 is 0 Å². The van der Waals surface area contributed by atoms with Crippen LogP contribution in [0, 0.1) is 6.92 Å². The maximum absolute atomic E-state index is 6.25. The maximum atomic E-state index is 6.25. The maximum Gasteiger partial charge on any atom is 0.135 e. The van der Waals surface area contributed by atoms with Crippen LogP contribution >= 0.6 is 0 Å². The highest BCUT2D eigenvalue weighted by molar-refractivity contribution is 6.22. The van der Waals surface area contributed by atoms with Gasteiger partial charge >= 0.3 is 0 Å². The van der Waals surface area contributed by atoms with Crippen molar-refractivity contribution in [1.82, 2.24) is 0 Å². The normalized spacial score (nSPS) is 13.7. The Morgan fingerprint density at radius 2 is 1.02 bits per heavy atom. The molecule has 0 unspecified atom stereocenters. The van der Waals surface area contributed by atoms with Crippen LogP contribution in [-0.2, 0) is 5.41 Å². The van der Waals surface area contributed by atoms with Gasteiger partial charge in [0.15, 0.2) is 0 Å². The molecule has 0 aliphatic heterocycles. The fourth-order valence-corrected chi connectivity index (χ4v) is 7.73. The van der Waals surface area contributed by atoms with E-state index in [0.717, 1.165) is 21.9 Å². The summed E-state index contributed by atoms with van der Waals surface area (Å²) in [5.74, 6) is 0. The summed E-state index contributed by atoms with van der Waals surface area (Å²) in [6.45, 7) is 6.93. The third kappa shape index (κ3) is 3.34. The Labute approximate surface area is 251 Å². The molecule has 43 heavy (non-hydrogen) atoms. The Morgan fingerprint density at radius 1 is 0.442 bits per heavy atom. The first kappa shape index (κ1) is 24.5. The highest BCUT2D eigenvalue weighted by atomic mass is 16.3. The number of para-hydroxylation sites is 1. The van der Waals surface area contributed by atoms with Gasteiger partial charge in [0.1, 0.15) is 11.2 Å². The van der Waals surface area contributed by atoms with Gasteiger partial charge in [-0.2, -0.15) is 0 Å². The van der Waals surface area contributed by atoms with Crippen LogP contribution in [0.3, 0.4) is 0 Å². The van der Waals surface area contributed by atoms with Crippen molar-refractivity contribution in [1.29, 1.82) is 0 Å². The van der Waals surface area contributed by atoms with Crippen molar-refractivity contribution in [3.8, 4) is 33.4 Å². The zero-order valence-corrected chi connectivity index (χ0v) is 24.5. The van der Waals surface area contributed by atoms with Gasteiger partial charge in [0.05, 0.1) is 0 Å². The van der Waals surface area contributed by atoms with Crippen molar-refractivity contribution < 1.29 is 4.42 Å². The van der Waals surface area contributed by atoms with Gasteiger partial charge in [-0.3, -0.25) is 0 Å². The summed E-state index contributed by atoms with van der Waals surface area (Å²) in [6, 6.07) is 46.8. The van der Waals surface area contributed by atoms with Crippen LogP contribution in [0.25, 0.3) is 76.9 Å². The lowest BCUT2D eigenvalue weighted by Crippen LogP contribution is -2.14. The van der Waals surface area contributed by atoms with E-state index in [9.17, 15) is 0 Å². The van der Waals surface area contributed by atoms with E-state index in [4.69, 9.17) is 4.42 Å². The lowest BCUT2D eigenvalue weighted by molar-refractivity contribution is 0.660. The Kier molecular flexibility index (Phi) is 4.94. The van der Waals surface area contributed by atoms with Gasteiger partial charge in [-0.15, -0.1) is 0 Å². The molecular weight excluding hydrogens is 520 g/mol. The minimum absolute atomic E-state index is 0.0482. The fourth-order valence-electron chi connectivity index (χ4n) is 7.73. The fraction of sp³-hybridized carbons (Fsp3) is 0.0952. The van der Waals surface area contributed by atoms with E-state index in [1.54, 1.807) is 0 Å². The largest absolute Gasteiger partial charge is 0.456 e. The summed E-state index contributed by atoms with van der Waals surface area (Å²) in [7, 11) is 0. The molecule has 0 saturated carbocycles. The van der Waals surface area contributed by atoms with Crippen LogP contribution in [0.2, 0.25) is 0 Å². The Morgan fingerprint density at radius 3 is 1.74 bits per heavy atom. The predicted octanol–water partition coefficient (Wildman–Crippen LogP) is 11.8. The number of rotatable bonds is 2. The van der Waals surface area contributed by atoms with Gasteiger partial charge in [-0.1, -0.05) is 117 Å². The third-order valence-electron chi connectivity index (χ3n) is 9.80. The van der Waals surface area contributed by atoms with E-state index in [1.165, 1.54) is 71.6 Å². The molecule has 0 N–H and O–H groups in total. The average Bonchev–Trinajstić information content (AvgIpc) is 3.50. The number of aryl methyl sites for hydroxylation is 1. The summed E-state index contributed by atoms with van der Waals surface area (Å²) >= 11 is 0. The van der Waals surface area contributed by atoms with E-state index in [0.29, 0.717) is 0 Å². The van der Waals surface area contributed by atoms with Crippen molar-refractivity contribution in [3.63, 3.8) is 0 Å². The molecule has 1 aliphatic rings. The number of hydrogen-bond donors (Lipinski definition) is 0. The summed E-state index contributed by atoms with van der Waals surface area (Å²) in [6.07, 6.45) is 0. The van der Waals surface area contributed by atoms with E-state index < -0.39 is 0 Å². The predicted molar refractivity (Wildman–Crippen MR) is 182 cm³/mol. The second kappa shape index (κ2) is 8.69. The first-order valence-electron chi connectivity index (χ1n) is 15.1. The molecule has 0 fully saturated rings. The topological polar surface area (TPSA) is 13.1 Å². The first-order chi connectivity index (χ1) is 21.0. The average molecular weight is 551 g/mol. The van der Waals surface area contributed by atoms with Crippen molar-refractivity contribution in [3.05, 3.63) is 144 Å². The molecule has 0 atom stereocenters. The van der Waals surface area contributed by atoms with Gasteiger partial charge in [0.25, 0.3) is 0 Å². The van der Waals surface area contributed by atoms with Gasteiger partial charge < -0.3 is 4.42 Å². The minimum Gasteiger partial charge on any atom is -0.456 e.